The van der Waals surface area contributed by atoms with Crippen molar-refractivity contribution in [2.24, 2.45) is 5.92 Å². The first kappa shape index (κ1) is 12.6. The molecule has 0 spiro atoms. The van der Waals surface area contributed by atoms with Gasteiger partial charge in [-0.1, -0.05) is 37.0 Å². The minimum Gasteiger partial charge on any atom is -0.313 e. The van der Waals surface area contributed by atoms with Crippen molar-refractivity contribution >= 4 is 0 Å². The Hall–Kier alpha value is -0.820. The molecule has 0 aromatic heterocycles. The van der Waals surface area contributed by atoms with E-state index in [1.54, 1.807) is 0 Å². The summed E-state index contributed by atoms with van der Waals surface area (Å²) in [6.45, 7) is 8.84. The molecule has 0 heterocycles. The topological polar surface area (TPSA) is 12.0 Å². The first-order valence-electron chi connectivity index (χ1n) is 6.94. The molecule has 17 heavy (non-hydrogen) atoms. The Morgan fingerprint density at radius 3 is 2.29 bits per heavy atom. The van der Waals surface area contributed by atoms with Gasteiger partial charge in [-0.05, 0) is 56.3 Å². The monoisotopic (exact) mass is 231 g/mol. The Morgan fingerprint density at radius 2 is 1.76 bits per heavy atom. The smallest absolute Gasteiger partial charge is 0.0210 e. The average molecular weight is 231 g/mol. The first-order chi connectivity index (χ1) is 8.16. The Bertz CT molecular complexity index is 354. The highest BCUT2D eigenvalue weighted by Gasteiger charge is 2.16. The van der Waals surface area contributed by atoms with Crippen LogP contribution in [-0.2, 0) is 6.54 Å². The SMILES string of the molecule is Cc1cc(C)c(CNCCC2CCC2)c(C)c1. The number of rotatable bonds is 5. The zero-order valence-corrected chi connectivity index (χ0v) is 11.5. The Kier molecular flexibility index (Phi) is 4.22. The molecule has 1 saturated carbocycles. The van der Waals surface area contributed by atoms with Crippen LogP contribution >= 0.6 is 0 Å². The molecule has 2 rings (SSSR count). The van der Waals surface area contributed by atoms with Crippen LogP contribution in [0.15, 0.2) is 12.1 Å². The maximum Gasteiger partial charge on any atom is 0.0210 e. The summed E-state index contributed by atoms with van der Waals surface area (Å²) in [6.07, 6.45) is 5.75. The molecule has 0 saturated heterocycles. The molecule has 0 unspecified atom stereocenters. The van der Waals surface area contributed by atoms with Crippen LogP contribution in [0, 0.1) is 26.7 Å². The molecular formula is C16H25N. The molecule has 0 radical (unpaired) electrons. The van der Waals surface area contributed by atoms with Gasteiger partial charge >= 0.3 is 0 Å². The number of aryl methyl sites for hydroxylation is 3. The molecular weight excluding hydrogens is 206 g/mol. The van der Waals surface area contributed by atoms with Crippen LogP contribution in [-0.4, -0.2) is 6.54 Å². The fourth-order valence-corrected chi connectivity index (χ4v) is 2.79. The third-order valence-electron chi connectivity index (χ3n) is 4.10. The van der Waals surface area contributed by atoms with Crippen LogP contribution in [0.3, 0.4) is 0 Å². The summed E-state index contributed by atoms with van der Waals surface area (Å²) in [6, 6.07) is 4.58. The average Bonchev–Trinajstić information content (AvgIpc) is 2.18. The van der Waals surface area contributed by atoms with Gasteiger partial charge in [0.05, 0.1) is 0 Å². The molecule has 1 aliphatic carbocycles. The molecule has 1 fully saturated rings. The van der Waals surface area contributed by atoms with Crippen LogP contribution in [0.4, 0.5) is 0 Å². The van der Waals surface area contributed by atoms with Crippen molar-refractivity contribution in [1.29, 1.82) is 0 Å². The normalized spacial score (nSPS) is 15.9. The van der Waals surface area contributed by atoms with Crippen molar-refractivity contribution in [2.45, 2.75) is 53.0 Å². The molecule has 0 bridgehead atoms. The molecule has 1 aromatic rings. The highest BCUT2D eigenvalue weighted by atomic mass is 14.8. The lowest BCUT2D eigenvalue weighted by molar-refractivity contribution is 0.292. The van der Waals surface area contributed by atoms with E-state index in [9.17, 15) is 0 Å². The summed E-state index contributed by atoms with van der Waals surface area (Å²) >= 11 is 0. The van der Waals surface area contributed by atoms with E-state index in [0.29, 0.717) is 0 Å². The van der Waals surface area contributed by atoms with E-state index in [0.717, 1.165) is 12.5 Å². The predicted octanol–water partition coefficient (Wildman–Crippen LogP) is 3.89. The van der Waals surface area contributed by atoms with Gasteiger partial charge in [0, 0.05) is 6.54 Å². The minimum atomic E-state index is 1.02. The van der Waals surface area contributed by atoms with Gasteiger partial charge in [0.2, 0.25) is 0 Å². The molecule has 1 nitrogen and oxygen atoms in total. The van der Waals surface area contributed by atoms with Gasteiger partial charge in [-0.2, -0.15) is 0 Å². The summed E-state index contributed by atoms with van der Waals surface area (Å²) in [5, 5.41) is 3.60. The standard InChI is InChI=1S/C16H25N/c1-12-9-13(2)16(14(3)10-12)11-17-8-7-15-5-4-6-15/h9-10,15,17H,4-8,11H2,1-3H3. The van der Waals surface area contributed by atoms with Crippen molar-refractivity contribution < 1.29 is 0 Å². The van der Waals surface area contributed by atoms with Crippen LogP contribution in [0.25, 0.3) is 0 Å². The minimum absolute atomic E-state index is 1.02. The summed E-state index contributed by atoms with van der Waals surface area (Å²) in [4.78, 5) is 0. The van der Waals surface area contributed by atoms with Gasteiger partial charge in [0.1, 0.15) is 0 Å². The quantitative estimate of drug-likeness (QED) is 0.758. The van der Waals surface area contributed by atoms with Crippen molar-refractivity contribution in [3.05, 3.63) is 34.4 Å². The first-order valence-corrected chi connectivity index (χ1v) is 6.94. The van der Waals surface area contributed by atoms with Gasteiger partial charge in [-0.15, -0.1) is 0 Å². The zero-order valence-electron chi connectivity index (χ0n) is 11.5. The van der Waals surface area contributed by atoms with E-state index in [1.807, 2.05) is 0 Å². The summed E-state index contributed by atoms with van der Waals surface area (Å²) in [5.41, 5.74) is 5.72. The van der Waals surface area contributed by atoms with Crippen molar-refractivity contribution in [3.8, 4) is 0 Å². The van der Waals surface area contributed by atoms with Gasteiger partial charge in [0.25, 0.3) is 0 Å². The van der Waals surface area contributed by atoms with Gasteiger partial charge in [-0.25, -0.2) is 0 Å². The number of hydrogen-bond acceptors (Lipinski definition) is 1. The van der Waals surface area contributed by atoms with Crippen LogP contribution < -0.4 is 5.32 Å². The van der Waals surface area contributed by atoms with Crippen molar-refractivity contribution in [2.75, 3.05) is 6.54 Å². The van der Waals surface area contributed by atoms with E-state index in [-0.39, 0.29) is 0 Å². The lowest BCUT2D eigenvalue weighted by atomic mass is 9.83. The summed E-state index contributed by atoms with van der Waals surface area (Å²) in [7, 11) is 0. The Labute approximate surface area is 106 Å². The third kappa shape index (κ3) is 3.32. The van der Waals surface area contributed by atoms with E-state index < -0.39 is 0 Å². The van der Waals surface area contributed by atoms with Crippen LogP contribution in [0.5, 0.6) is 0 Å². The Balaban J connectivity index is 1.81. The highest BCUT2D eigenvalue weighted by Crippen LogP contribution is 2.28. The second kappa shape index (κ2) is 5.68. The van der Waals surface area contributed by atoms with Gasteiger partial charge in [-0.3, -0.25) is 0 Å². The molecule has 0 amide bonds. The summed E-state index contributed by atoms with van der Waals surface area (Å²) < 4.78 is 0. The summed E-state index contributed by atoms with van der Waals surface area (Å²) in [5.74, 6) is 1.02. The van der Waals surface area contributed by atoms with Gasteiger partial charge < -0.3 is 5.32 Å². The molecule has 1 aromatic carbocycles. The van der Waals surface area contributed by atoms with E-state index in [2.05, 4.69) is 38.2 Å². The van der Waals surface area contributed by atoms with Crippen LogP contribution in [0.2, 0.25) is 0 Å². The molecule has 1 N–H and O–H groups in total. The third-order valence-corrected chi connectivity index (χ3v) is 4.10. The number of nitrogens with one attached hydrogen (secondary N) is 1. The molecule has 1 aliphatic rings. The molecule has 94 valence electrons. The fraction of sp³-hybridized carbons (Fsp3) is 0.625. The van der Waals surface area contributed by atoms with Gasteiger partial charge in [0.15, 0.2) is 0 Å². The van der Waals surface area contributed by atoms with Crippen molar-refractivity contribution in [3.63, 3.8) is 0 Å². The lowest BCUT2D eigenvalue weighted by Crippen LogP contribution is -2.21. The molecule has 1 heteroatoms. The maximum absolute atomic E-state index is 3.60. The number of benzene rings is 1. The zero-order chi connectivity index (χ0) is 12.3. The Morgan fingerprint density at radius 1 is 1.12 bits per heavy atom. The molecule has 0 aliphatic heterocycles. The number of hydrogen-bond donors (Lipinski definition) is 1. The highest BCUT2D eigenvalue weighted by molar-refractivity contribution is 5.37. The van der Waals surface area contributed by atoms with Crippen molar-refractivity contribution in [1.82, 2.24) is 5.32 Å². The van der Waals surface area contributed by atoms with Crippen LogP contribution in [0.1, 0.15) is 47.9 Å². The van der Waals surface area contributed by atoms with E-state index in [4.69, 9.17) is 0 Å². The second-order valence-corrected chi connectivity index (χ2v) is 5.64. The molecule has 0 atom stereocenters. The predicted molar refractivity (Wildman–Crippen MR) is 74.3 cm³/mol. The maximum atomic E-state index is 3.60. The largest absolute Gasteiger partial charge is 0.313 e. The van der Waals surface area contributed by atoms with E-state index >= 15 is 0 Å². The fourth-order valence-electron chi connectivity index (χ4n) is 2.79. The second-order valence-electron chi connectivity index (χ2n) is 5.64. The lowest BCUT2D eigenvalue weighted by Gasteiger charge is -2.25. The van der Waals surface area contributed by atoms with E-state index in [1.165, 1.54) is 54.5 Å².